The molecule has 2 saturated heterocycles. The van der Waals surface area contributed by atoms with Crippen LogP contribution in [0.4, 0.5) is 4.79 Å². The van der Waals surface area contributed by atoms with Gasteiger partial charge in [0.2, 0.25) is 0 Å². The van der Waals surface area contributed by atoms with Gasteiger partial charge in [-0.05, 0) is 24.7 Å². The second-order valence-electron chi connectivity index (χ2n) is 6.53. The highest BCUT2D eigenvalue weighted by Gasteiger charge is 2.72. The number of amides is 2. The molecule has 5 heteroatoms. The van der Waals surface area contributed by atoms with Crippen LogP contribution in [0.2, 0.25) is 0 Å². The van der Waals surface area contributed by atoms with Crippen molar-refractivity contribution in [1.82, 2.24) is 15.1 Å². The molecule has 2 bridgehead atoms. The number of fused-ring (bicyclic) bond motifs is 1. The summed E-state index contributed by atoms with van der Waals surface area (Å²) in [6.45, 7) is 3.58. The third-order valence-corrected chi connectivity index (χ3v) is 5.36. The third-order valence-electron chi connectivity index (χ3n) is 5.36. The van der Waals surface area contributed by atoms with Gasteiger partial charge in [0.05, 0.1) is 12.1 Å². The normalized spacial score (nSPS) is 45.1. The standard InChI is InChI=1S/C13H18N4O/c14-2-1-12-7-13(8-12,9-12)17-6-10-5-15-3-4-16(10)11(17)18/h10,15H,1,3-9H2/t10-,12?,13?/m0/s1. The van der Waals surface area contributed by atoms with E-state index in [2.05, 4.69) is 16.3 Å². The number of hydrogen-bond acceptors (Lipinski definition) is 3. The summed E-state index contributed by atoms with van der Waals surface area (Å²) >= 11 is 0. The van der Waals surface area contributed by atoms with Gasteiger partial charge in [-0.25, -0.2) is 4.79 Å². The van der Waals surface area contributed by atoms with Crippen LogP contribution in [0.3, 0.4) is 0 Å². The van der Waals surface area contributed by atoms with E-state index in [-0.39, 0.29) is 17.0 Å². The van der Waals surface area contributed by atoms with E-state index >= 15 is 0 Å². The van der Waals surface area contributed by atoms with E-state index in [0.29, 0.717) is 12.5 Å². The number of nitriles is 1. The van der Waals surface area contributed by atoms with E-state index in [1.807, 2.05) is 4.90 Å². The highest BCUT2D eigenvalue weighted by molar-refractivity contribution is 5.79. The summed E-state index contributed by atoms with van der Waals surface area (Å²) in [6, 6.07) is 2.90. The second kappa shape index (κ2) is 3.18. The number of carbonyl (C=O) groups excluding carboxylic acids is 1. The van der Waals surface area contributed by atoms with Crippen molar-refractivity contribution in [2.45, 2.75) is 37.3 Å². The van der Waals surface area contributed by atoms with Gasteiger partial charge in [-0.3, -0.25) is 0 Å². The first kappa shape index (κ1) is 10.6. The first-order chi connectivity index (χ1) is 8.68. The molecule has 18 heavy (non-hydrogen) atoms. The molecule has 5 aliphatic rings. The van der Waals surface area contributed by atoms with E-state index in [0.717, 1.165) is 45.4 Å². The number of piperazine rings is 1. The molecule has 0 aromatic heterocycles. The average molecular weight is 246 g/mol. The summed E-state index contributed by atoms with van der Waals surface area (Å²) in [5.41, 5.74) is 0.404. The third kappa shape index (κ3) is 1.12. The number of nitrogens with zero attached hydrogens (tertiary/aromatic N) is 3. The van der Waals surface area contributed by atoms with Crippen molar-refractivity contribution in [3.05, 3.63) is 0 Å². The van der Waals surface area contributed by atoms with Crippen molar-refractivity contribution in [3.63, 3.8) is 0 Å². The fourth-order valence-corrected chi connectivity index (χ4v) is 4.60. The van der Waals surface area contributed by atoms with Gasteiger partial charge >= 0.3 is 6.03 Å². The van der Waals surface area contributed by atoms with Crippen molar-refractivity contribution < 1.29 is 4.79 Å². The minimum absolute atomic E-state index is 0.130. The maximum absolute atomic E-state index is 12.4. The molecule has 3 aliphatic carbocycles. The molecular formula is C13H18N4O. The van der Waals surface area contributed by atoms with Crippen LogP contribution in [0.25, 0.3) is 0 Å². The molecule has 2 heterocycles. The molecule has 3 saturated carbocycles. The molecule has 1 atom stereocenters. The van der Waals surface area contributed by atoms with Gasteiger partial charge in [0.25, 0.3) is 0 Å². The highest BCUT2D eigenvalue weighted by atomic mass is 16.2. The highest BCUT2D eigenvalue weighted by Crippen LogP contribution is 2.71. The number of carbonyl (C=O) groups is 1. The summed E-state index contributed by atoms with van der Waals surface area (Å²) in [5.74, 6) is 0. The van der Waals surface area contributed by atoms with Crippen LogP contribution in [-0.4, -0.2) is 53.6 Å². The van der Waals surface area contributed by atoms with Crippen molar-refractivity contribution >= 4 is 6.03 Å². The first-order valence-corrected chi connectivity index (χ1v) is 6.84. The Balaban J connectivity index is 1.49. The van der Waals surface area contributed by atoms with E-state index in [4.69, 9.17) is 5.26 Å². The molecular weight excluding hydrogens is 228 g/mol. The average Bonchev–Trinajstić information content (AvgIpc) is 2.60. The van der Waals surface area contributed by atoms with Crippen LogP contribution in [-0.2, 0) is 0 Å². The Labute approximate surface area is 107 Å². The summed E-state index contributed by atoms with van der Waals surface area (Å²) in [5, 5.41) is 12.2. The lowest BCUT2D eigenvalue weighted by Crippen LogP contribution is -2.74. The SMILES string of the molecule is N#CCC12CC(N3C[C@@H]4CNCCN4C3=O)(C1)C2. The zero-order valence-electron chi connectivity index (χ0n) is 10.5. The fourth-order valence-electron chi connectivity index (χ4n) is 4.60. The number of rotatable bonds is 2. The van der Waals surface area contributed by atoms with Gasteiger partial charge in [0, 0.05) is 38.1 Å². The molecule has 0 aromatic rings. The van der Waals surface area contributed by atoms with Gasteiger partial charge in [-0.1, -0.05) is 0 Å². The zero-order valence-corrected chi connectivity index (χ0v) is 10.5. The molecule has 96 valence electrons. The van der Waals surface area contributed by atoms with Crippen LogP contribution < -0.4 is 5.32 Å². The quantitative estimate of drug-likeness (QED) is 0.773. The lowest BCUT2D eigenvalue weighted by atomic mass is 9.38. The van der Waals surface area contributed by atoms with Gasteiger partial charge in [-0.2, -0.15) is 5.26 Å². The molecule has 5 nitrogen and oxygen atoms in total. The van der Waals surface area contributed by atoms with Crippen LogP contribution in [0.5, 0.6) is 0 Å². The monoisotopic (exact) mass is 246 g/mol. The van der Waals surface area contributed by atoms with Crippen molar-refractivity contribution in [3.8, 4) is 6.07 Å². The lowest BCUT2D eigenvalue weighted by Gasteiger charge is -2.72. The van der Waals surface area contributed by atoms with Crippen molar-refractivity contribution in [1.29, 1.82) is 5.26 Å². The van der Waals surface area contributed by atoms with E-state index in [9.17, 15) is 4.79 Å². The number of nitrogens with one attached hydrogen (secondary N) is 1. The number of urea groups is 1. The zero-order chi connectivity index (χ0) is 12.4. The van der Waals surface area contributed by atoms with Crippen LogP contribution in [0, 0.1) is 16.7 Å². The molecule has 0 spiro atoms. The first-order valence-electron chi connectivity index (χ1n) is 6.84. The Hall–Kier alpha value is -1.28. The predicted octanol–water partition coefficient (Wildman–Crippen LogP) is 0.532. The van der Waals surface area contributed by atoms with Crippen molar-refractivity contribution in [2.75, 3.05) is 26.2 Å². The Morgan fingerprint density at radius 1 is 1.44 bits per heavy atom. The largest absolute Gasteiger partial charge is 0.320 e. The van der Waals surface area contributed by atoms with Gasteiger partial charge < -0.3 is 15.1 Å². The smallest absolute Gasteiger partial charge is 0.317 e. The maximum Gasteiger partial charge on any atom is 0.320 e. The minimum atomic E-state index is 0.130. The van der Waals surface area contributed by atoms with Crippen molar-refractivity contribution in [2.24, 2.45) is 5.41 Å². The van der Waals surface area contributed by atoms with Crippen LogP contribution >= 0.6 is 0 Å². The summed E-state index contributed by atoms with van der Waals surface area (Å²) < 4.78 is 0. The maximum atomic E-state index is 12.4. The van der Waals surface area contributed by atoms with Gasteiger partial charge in [0.1, 0.15) is 0 Å². The molecule has 2 amide bonds. The molecule has 5 fully saturated rings. The van der Waals surface area contributed by atoms with Crippen LogP contribution in [0.1, 0.15) is 25.7 Å². The Morgan fingerprint density at radius 2 is 2.22 bits per heavy atom. The van der Waals surface area contributed by atoms with E-state index < -0.39 is 0 Å². The molecule has 1 N–H and O–H groups in total. The summed E-state index contributed by atoms with van der Waals surface area (Å²) in [7, 11) is 0. The lowest BCUT2D eigenvalue weighted by molar-refractivity contribution is -0.196. The summed E-state index contributed by atoms with van der Waals surface area (Å²) in [4.78, 5) is 16.6. The molecule has 0 aromatic carbocycles. The Bertz CT molecular complexity index is 435. The van der Waals surface area contributed by atoms with Gasteiger partial charge in [0.15, 0.2) is 0 Å². The molecule has 2 aliphatic heterocycles. The van der Waals surface area contributed by atoms with Crippen LogP contribution in [0.15, 0.2) is 0 Å². The van der Waals surface area contributed by atoms with Gasteiger partial charge in [-0.15, -0.1) is 0 Å². The fraction of sp³-hybridized carbons (Fsp3) is 0.846. The Kier molecular flexibility index (Phi) is 1.88. The second-order valence-corrected chi connectivity index (χ2v) is 6.53. The Morgan fingerprint density at radius 3 is 2.89 bits per heavy atom. The molecule has 5 rings (SSSR count). The predicted molar refractivity (Wildman–Crippen MR) is 64.7 cm³/mol. The molecule has 0 radical (unpaired) electrons. The van der Waals surface area contributed by atoms with E-state index in [1.165, 1.54) is 0 Å². The molecule has 0 unspecified atom stereocenters. The topological polar surface area (TPSA) is 59.4 Å². The number of hydrogen-bond donors (Lipinski definition) is 1. The van der Waals surface area contributed by atoms with E-state index in [1.54, 1.807) is 0 Å². The summed E-state index contributed by atoms with van der Waals surface area (Å²) in [6.07, 6.45) is 3.86. The minimum Gasteiger partial charge on any atom is -0.317 e.